The van der Waals surface area contributed by atoms with Gasteiger partial charge in [0.15, 0.2) is 0 Å². The molecule has 0 saturated heterocycles. The molecule has 0 fully saturated rings. The number of nitrogens with zero attached hydrogens (tertiary/aromatic N) is 4. The van der Waals surface area contributed by atoms with E-state index < -0.39 is 0 Å². The summed E-state index contributed by atoms with van der Waals surface area (Å²) in [6.45, 7) is 4.15. The van der Waals surface area contributed by atoms with Crippen LogP contribution in [0.15, 0.2) is 30.3 Å². The highest BCUT2D eigenvalue weighted by molar-refractivity contribution is 5.90. The number of aryl methyl sites for hydroxylation is 2. The van der Waals surface area contributed by atoms with E-state index in [9.17, 15) is 4.79 Å². The van der Waals surface area contributed by atoms with E-state index in [1.807, 2.05) is 44.2 Å². The number of amides is 1. The molecule has 0 bridgehead atoms. The highest BCUT2D eigenvalue weighted by Crippen LogP contribution is 2.12. The van der Waals surface area contributed by atoms with Gasteiger partial charge in [0.1, 0.15) is 5.75 Å². The van der Waals surface area contributed by atoms with Crippen LogP contribution in [-0.2, 0) is 6.54 Å². The minimum absolute atomic E-state index is 0.106. The van der Waals surface area contributed by atoms with Crippen molar-refractivity contribution in [3.05, 3.63) is 53.1 Å². The number of carbonyl (C=O) groups is 1. The van der Waals surface area contributed by atoms with Crippen LogP contribution >= 0.6 is 0 Å². The van der Waals surface area contributed by atoms with Gasteiger partial charge in [-0.1, -0.05) is 12.1 Å². The number of hydrogen-bond acceptors (Lipinski definition) is 5. The Morgan fingerprint density at radius 3 is 2.87 bits per heavy atom. The number of nitrogens with one attached hydrogen (secondary N) is 1. The van der Waals surface area contributed by atoms with Crippen molar-refractivity contribution in [3.8, 4) is 5.75 Å². The molecule has 3 rings (SSSR count). The van der Waals surface area contributed by atoms with Crippen LogP contribution in [0.5, 0.6) is 5.75 Å². The van der Waals surface area contributed by atoms with Gasteiger partial charge in [-0.3, -0.25) is 4.79 Å². The van der Waals surface area contributed by atoms with Crippen molar-refractivity contribution in [3.63, 3.8) is 0 Å². The third-order valence-corrected chi connectivity index (χ3v) is 3.41. The third-order valence-electron chi connectivity index (χ3n) is 3.41. The van der Waals surface area contributed by atoms with Crippen molar-refractivity contribution in [1.82, 2.24) is 24.9 Å². The summed E-state index contributed by atoms with van der Waals surface area (Å²) in [5.74, 6) is 0.941. The van der Waals surface area contributed by atoms with E-state index in [0.29, 0.717) is 12.3 Å². The molecule has 1 amide bonds. The average molecular weight is 311 g/mol. The largest absolute Gasteiger partial charge is 0.497 e. The minimum atomic E-state index is -0.338. The lowest BCUT2D eigenvalue weighted by atomic mass is 10.2. The van der Waals surface area contributed by atoms with Crippen LogP contribution < -0.4 is 10.1 Å². The molecule has 118 valence electrons. The highest BCUT2D eigenvalue weighted by Gasteiger charge is 2.14. The van der Waals surface area contributed by atoms with Crippen LogP contribution in [0.3, 0.4) is 0 Å². The zero-order valence-corrected chi connectivity index (χ0v) is 13.2. The van der Waals surface area contributed by atoms with Crippen molar-refractivity contribution < 1.29 is 9.53 Å². The molecular weight excluding hydrogens is 294 g/mol. The molecule has 0 aliphatic carbocycles. The summed E-state index contributed by atoms with van der Waals surface area (Å²) in [4.78, 5) is 20.7. The standard InChI is InChI=1S/C16H17N5O2/c1-10-7-11(2)21-16(18-10)19-14(20-21)15(22)17-9-12-5-4-6-13(8-12)23-3/h4-8H,9H2,1-3H3,(H,17,22). The number of methoxy groups -OCH3 is 1. The average Bonchev–Trinajstić information content (AvgIpc) is 2.97. The Labute approximate surface area is 133 Å². The van der Waals surface area contributed by atoms with Crippen molar-refractivity contribution in [2.45, 2.75) is 20.4 Å². The number of carbonyl (C=O) groups excluding carboxylic acids is 1. The second kappa shape index (κ2) is 6.04. The van der Waals surface area contributed by atoms with E-state index in [1.165, 1.54) is 0 Å². The molecule has 2 aromatic heterocycles. The van der Waals surface area contributed by atoms with Crippen LogP contribution in [-0.4, -0.2) is 32.6 Å². The summed E-state index contributed by atoms with van der Waals surface area (Å²) < 4.78 is 6.72. The Morgan fingerprint density at radius 1 is 1.26 bits per heavy atom. The van der Waals surface area contributed by atoms with Crippen LogP contribution in [0.1, 0.15) is 27.6 Å². The Hall–Kier alpha value is -2.96. The normalized spacial score (nSPS) is 10.7. The Kier molecular flexibility index (Phi) is 3.92. The molecule has 23 heavy (non-hydrogen) atoms. The molecule has 0 spiro atoms. The fourth-order valence-corrected chi connectivity index (χ4v) is 2.31. The quantitative estimate of drug-likeness (QED) is 0.793. The maximum absolute atomic E-state index is 12.2. The molecule has 1 N–H and O–H groups in total. The van der Waals surface area contributed by atoms with Crippen LogP contribution in [0.2, 0.25) is 0 Å². The Bertz CT molecular complexity index is 872. The summed E-state index contributed by atoms with van der Waals surface area (Å²) in [7, 11) is 1.61. The van der Waals surface area contributed by atoms with Gasteiger partial charge in [-0.25, -0.2) is 9.50 Å². The predicted octanol–water partition coefficient (Wildman–Crippen LogP) is 1.68. The first kappa shape index (κ1) is 15.0. The zero-order chi connectivity index (χ0) is 16.4. The molecule has 7 nitrogen and oxygen atoms in total. The molecule has 0 aliphatic heterocycles. The van der Waals surface area contributed by atoms with Crippen molar-refractivity contribution >= 4 is 11.7 Å². The number of aromatic nitrogens is 4. The molecule has 0 aliphatic rings. The van der Waals surface area contributed by atoms with Gasteiger partial charge in [0, 0.05) is 17.9 Å². The monoisotopic (exact) mass is 311 g/mol. The Balaban J connectivity index is 1.76. The second-order valence-electron chi connectivity index (χ2n) is 5.22. The van der Waals surface area contributed by atoms with Gasteiger partial charge in [-0.05, 0) is 37.6 Å². The zero-order valence-electron chi connectivity index (χ0n) is 13.2. The molecule has 0 radical (unpaired) electrons. The van der Waals surface area contributed by atoms with E-state index in [0.717, 1.165) is 22.7 Å². The van der Waals surface area contributed by atoms with Gasteiger partial charge >= 0.3 is 0 Å². The number of hydrogen-bond donors (Lipinski definition) is 1. The minimum Gasteiger partial charge on any atom is -0.497 e. The molecule has 7 heteroatoms. The molecule has 3 aromatic rings. The number of benzene rings is 1. The van der Waals surface area contributed by atoms with E-state index >= 15 is 0 Å². The van der Waals surface area contributed by atoms with Gasteiger partial charge in [-0.15, -0.1) is 5.10 Å². The summed E-state index contributed by atoms with van der Waals surface area (Å²) in [5.41, 5.74) is 2.66. The van der Waals surface area contributed by atoms with Gasteiger partial charge in [-0.2, -0.15) is 4.98 Å². The predicted molar refractivity (Wildman–Crippen MR) is 84.4 cm³/mol. The molecule has 0 atom stereocenters. The second-order valence-corrected chi connectivity index (χ2v) is 5.22. The molecular formula is C16H17N5O2. The third kappa shape index (κ3) is 3.13. The van der Waals surface area contributed by atoms with E-state index in [1.54, 1.807) is 11.6 Å². The number of ether oxygens (including phenoxy) is 1. The van der Waals surface area contributed by atoms with Crippen LogP contribution in [0, 0.1) is 13.8 Å². The summed E-state index contributed by atoms with van der Waals surface area (Å²) in [6.07, 6.45) is 0. The smallest absolute Gasteiger partial charge is 0.291 e. The van der Waals surface area contributed by atoms with Gasteiger partial charge in [0.05, 0.1) is 7.11 Å². The Morgan fingerprint density at radius 2 is 2.09 bits per heavy atom. The lowest BCUT2D eigenvalue weighted by Gasteiger charge is -2.05. The maximum Gasteiger partial charge on any atom is 0.291 e. The molecule has 1 aromatic carbocycles. The highest BCUT2D eigenvalue weighted by atomic mass is 16.5. The van der Waals surface area contributed by atoms with Crippen molar-refractivity contribution in [2.75, 3.05) is 7.11 Å². The summed E-state index contributed by atoms with van der Waals surface area (Å²) in [6, 6.07) is 9.40. The van der Waals surface area contributed by atoms with Gasteiger partial charge < -0.3 is 10.1 Å². The number of fused-ring (bicyclic) bond motifs is 1. The number of rotatable bonds is 4. The first-order valence-electron chi connectivity index (χ1n) is 7.19. The van der Waals surface area contributed by atoms with Crippen molar-refractivity contribution in [2.24, 2.45) is 0 Å². The first-order valence-corrected chi connectivity index (χ1v) is 7.19. The van der Waals surface area contributed by atoms with Crippen LogP contribution in [0.25, 0.3) is 5.78 Å². The van der Waals surface area contributed by atoms with E-state index in [-0.39, 0.29) is 11.7 Å². The summed E-state index contributed by atoms with van der Waals surface area (Å²) >= 11 is 0. The fraction of sp³-hybridized carbons (Fsp3) is 0.250. The van der Waals surface area contributed by atoms with Crippen molar-refractivity contribution in [1.29, 1.82) is 0 Å². The van der Waals surface area contributed by atoms with E-state index in [4.69, 9.17) is 4.74 Å². The topological polar surface area (TPSA) is 81.4 Å². The van der Waals surface area contributed by atoms with E-state index in [2.05, 4.69) is 20.4 Å². The lowest BCUT2D eigenvalue weighted by molar-refractivity contribution is 0.0940. The van der Waals surface area contributed by atoms with Gasteiger partial charge in [0.2, 0.25) is 5.82 Å². The SMILES string of the molecule is COc1cccc(CNC(=O)c2nc3nc(C)cc(C)n3n2)c1. The summed E-state index contributed by atoms with van der Waals surface area (Å²) in [5, 5.41) is 7.01. The fourth-order valence-electron chi connectivity index (χ4n) is 2.31. The maximum atomic E-state index is 12.2. The van der Waals surface area contributed by atoms with Gasteiger partial charge in [0.25, 0.3) is 11.7 Å². The van der Waals surface area contributed by atoms with Crippen LogP contribution in [0.4, 0.5) is 0 Å². The lowest BCUT2D eigenvalue weighted by Crippen LogP contribution is -2.24. The molecule has 0 unspecified atom stereocenters. The molecule has 2 heterocycles. The first-order chi connectivity index (χ1) is 11.1. The molecule has 0 saturated carbocycles.